The van der Waals surface area contributed by atoms with Gasteiger partial charge in [-0.05, 0) is 71.3 Å². The average molecular weight is 496 g/mol. The molecular weight excluding hydrogens is 468 g/mol. The van der Waals surface area contributed by atoms with Gasteiger partial charge < -0.3 is 4.43 Å². The Kier molecular flexibility index (Phi) is 6.17. The van der Waals surface area contributed by atoms with Crippen molar-refractivity contribution in [1.29, 1.82) is 0 Å². The molecule has 6 rings (SSSR count). The summed E-state index contributed by atoms with van der Waals surface area (Å²) < 4.78 is 8.89. The van der Waals surface area contributed by atoms with E-state index in [0.29, 0.717) is 0 Å². The van der Waals surface area contributed by atoms with Gasteiger partial charge in [-0.3, -0.25) is 0 Å². The third-order valence-corrected chi connectivity index (χ3v) is 7.38. The largest absolute Gasteiger partial charge is 0.413 e. The molecule has 2 aromatic rings. The summed E-state index contributed by atoms with van der Waals surface area (Å²) in [6.45, 7) is 11.4. The Bertz CT molecular complexity index is 809. The molecule has 0 fully saturated rings. The van der Waals surface area contributed by atoms with Crippen LogP contribution in [0.15, 0.2) is 39.3 Å². The summed E-state index contributed by atoms with van der Waals surface area (Å²) in [4.78, 5) is 0. The van der Waals surface area contributed by atoms with E-state index in [4.69, 9.17) is 4.43 Å². The summed E-state index contributed by atoms with van der Waals surface area (Å²) in [5.41, 5.74) is 7.03. The van der Waals surface area contributed by atoms with E-state index in [1.165, 1.54) is 36.8 Å². The molecule has 4 bridgehead atoms. The molecule has 0 saturated carbocycles. The number of hydrogen-bond acceptors (Lipinski definition) is 1. The summed E-state index contributed by atoms with van der Waals surface area (Å²) in [6, 6.07) is 11.6. The first-order valence-corrected chi connectivity index (χ1v) is 13.8. The van der Waals surface area contributed by atoms with Crippen molar-refractivity contribution in [2.24, 2.45) is 0 Å². The lowest BCUT2D eigenvalue weighted by Crippen LogP contribution is -2.19. The Morgan fingerprint density at radius 1 is 0.923 bits per heavy atom. The zero-order valence-corrected chi connectivity index (χ0v) is 20.7. The fourth-order valence-corrected chi connectivity index (χ4v) is 5.79. The van der Waals surface area contributed by atoms with E-state index >= 15 is 0 Å². The van der Waals surface area contributed by atoms with Gasteiger partial charge >= 0.3 is 0 Å². The van der Waals surface area contributed by atoms with Crippen LogP contribution in [0.5, 0.6) is 0 Å². The minimum atomic E-state index is -1.16. The molecule has 0 N–H and O–H groups in total. The highest BCUT2D eigenvalue weighted by Gasteiger charge is 2.24. The monoisotopic (exact) mass is 494 g/mol. The van der Waals surface area contributed by atoms with Gasteiger partial charge in [-0.15, -0.1) is 0 Å². The molecular formula is C22H28Br2OSi. The maximum atomic E-state index is 6.46. The molecule has 140 valence electrons. The molecule has 0 aromatic heterocycles. The van der Waals surface area contributed by atoms with E-state index in [2.05, 4.69) is 96.1 Å². The highest BCUT2D eigenvalue weighted by atomic mass is 79.9. The van der Waals surface area contributed by atoms with Crippen molar-refractivity contribution in [3.05, 3.63) is 67.1 Å². The Labute approximate surface area is 176 Å². The molecule has 0 spiro atoms. The van der Waals surface area contributed by atoms with Crippen molar-refractivity contribution in [2.75, 3.05) is 0 Å². The van der Waals surface area contributed by atoms with E-state index in [1.54, 1.807) is 0 Å². The fourth-order valence-electron chi connectivity index (χ4n) is 3.73. The van der Waals surface area contributed by atoms with Crippen LogP contribution in [-0.4, -0.2) is 9.04 Å². The van der Waals surface area contributed by atoms with Gasteiger partial charge in [0.2, 0.25) is 0 Å². The van der Waals surface area contributed by atoms with Crippen molar-refractivity contribution < 1.29 is 4.43 Å². The number of rotatable bonds is 2. The molecule has 4 heteroatoms. The molecule has 4 aliphatic carbocycles. The number of benzene rings is 2. The van der Waals surface area contributed by atoms with Crippen molar-refractivity contribution in [3.63, 3.8) is 0 Å². The number of halogens is 2. The summed E-state index contributed by atoms with van der Waals surface area (Å²) in [7, 11) is -1.16. The van der Waals surface area contributed by atoms with Crippen LogP contribution in [0.1, 0.15) is 54.7 Å². The number of hydrogen-bond donors (Lipinski definition) is 0. The van der Waals surface area contributed by atoms with Crippen molar-refractivity contribution in [3.8, 4) is 0 Å². The number of aryl methyl sites for hydroxylation is 2. The zero-order chi connectivity index (χ0) is 19.1. The lowest BCUT2D eigenvalue weighted by atomic mass is 9.80. The second-order valence-electron chi connectivity index (χ2n) is 8.58. The second-order valence-corrected chi connectivity index (χ2v) is 12.7. The smallest absolute Gasteiger partial charge is 0.171 e. The average Bonchev–Trinajstić information content (AvgIpc) is 2.52. The molecule has 26 heavy (non-hydrogen) atoms. The lowest BCUT2D eigenvalue weighted by Gasteiger charge is -2.28. The van der Waals surface area contributed by atoms with Crippen LogP contribution in [0.2, 0.25) is 13.1 Å². The predicted octanol–water partition coefficient (Wildman–Crippen LogP) is 6.89. The van der Waals surface area contributed by atoms with Gasteiger partial charge in [-0.25, -0.2) is 0 Å². The van der Waals surface area contributed by atoms with Gasteiger partial charge in [-0.2, -0.15) is 0 Å². The highest BCUT2D eigenvalue weighted by molar-refractivity contribution is 9.10. The van der Waals surface area contributed by atoms with Crippen LogP contribution in [0.3, 0.4) is 0 Å². The van der Waals surface area contributed by atoms with Crippen molar-refractivity contribution in [1.82, 2.24) is 0 Å². The molecule has 1 nitrogen and oxygen atoms in total. The lowest BCUT2D eigenvalue weighted by molar-refractivity contribution is 0.209. The molecule has 0 amide bonds. The van der Waals surface area contributed by atoms with Crippen LogP contribution in [-0.2, 0) is 29.1 Å². The Morgan fingerprint density at radius 3 is 2.19 bits per heavy atom. The summed E-state index contributed by atoms with van der Waals surface area (Å²) >= 11 is 7.64. The van der Waals surface area contributed by atoms with Crippen molar-refractivity contribution >= 4 is 40.9 Å². The fraction of sp³-hybridized carbons (Fsp3) is 0.455. The van der Waals surface area contributed by atoms with Crippen LogP contribution in [0.4, 0.5) is 0 Å². The van der Waals surface area contributed by atoms with Crippen LogP contribution < -0.4 is 0 Å². The first-order valence-electron chi connectivity index (χ1n) is 9.40. The Hall–Kier alpha value is -0.423. The molecule has 1 unspecified atom stereocenters. The molecule has 0 heterocycles. The molecule has 2 aromatic carbocycles. The minimum absolute atomic E-state index is 0.112. The minimum Gasteiger partial charge on any atom is -0.413 e. The topological polar surface area (TPSA) is 9.23 Å². The maximum absolute atomic E-state index is 6.46. The van der Waals surface area contributed by atoms with Crippen molar-refractivity contribution in [2.45, 2.75) is 64.6 Å². The third-order valence-electron chi connectivity index (χ3n) is 5.03. The zero-order valence-electron chi connectivity index (χ0n) is 16.3. The first-order chi connectivity index (χ1) is 12.1. The van der Waals surface area contributed by atoms with Crippen LogP contribution in [0, 0.1) is 0 Å². The Morgan fingerprint density at radius 2 is 1.58 bits per heavy atom. The SMILES string of the molecule is C[SiH](C)OC1Cc2cc(C(C)(C)C)c(cc2Br)CCc2ccc1cc2Br. The molecule has 0 aliphatic heterocycles. The molecule has 0 radical (unpaired) electrons. The van der Waals surface area contributed by atoms with E-state index in [9.17, 15) is 0 Å². The molecule has 1 atom stereocenters. The van der Waals surface area contributed by atoms with Gasteiger partial charge in [0, 0.05) is 15.4 Å². The normalized spacial score (nSPS) is 17.5. The predicted molar refractivity (Wildman–Crippen MR) is 121 cm³/mol. The van der Waals surface area contributed by atoms with Gasteiger partial charge in [0.1, 0.15) is 0 Å². The van der Waals surface area contributed by atoms with E-state index in [1.807, 2.05) is 0 Å². The molecule has 0 saturated heterocycles. The van der Waals surface area contributed by atoms with Gasteiger partial charge in [0.15, 0.2) is 9.04 Å². The highest BCUT2D eigenvalue weighted by Crippen LogP contribution is 2.36. The van der Waals surface area contributed by atoms with Gasteiger partial charge in [-0.1, -0.05) is 70.8 Å². The quantitative estimate of drug-likeness (QED) is 0.412. The van der Waals surface area contributed by atoms with Gasteiger partial charge in [0.05, 0.1) is 6.10 Å². The first kappa shape index (κ1) is 20.3. The summed E-state index contributed by atoms with van der Waals surface area (Å²) in [5.74, 6) is 0. The van der Waals surface area contributed by atoms with E-state index < -0.39 is 9.04 Å². The third kappa shape index (κ3) is 4.52. The van der Waals surface area contributed by atoms with E-state index in [-0.39, 0.29) is 11.5 Å². The summed E-state index contributed by atoms with van der Waals surface area (Å²) in [6.07, 6.45) is 3.12. The van der Waals surface area contributed by atoms with Gasteiger partial charge in [0.25, 0.3) is 0 Å². The Balaban J connectivity index is 2.16. The van der Waals surface area contributed by atoms with Crippen LogP contribution in [0.25, 0.3) is 0 Å². The van der Waals surface area contributed by atoms with E-state index in [0.717, 1.165) is 19.3 Å². The standard InChI is InChI=1S/C22H28Br2OSi/c1-22(2,3)18-10-17-13-21(25-26(4)5)16-9-7-14(19(23)12-16)6-8-15(18)11-20(17)24/h7,9-12,21,26H,6,8,13H2,1-5H3. The summed E-state index contributed by atoms with van der Waals surface area (Å²) in [5, 5.41) is 0. The molecule has 4 aliphatic rings. The van der Waals surface area contributed by atoms with Crippen LogP contribution >= 0.6 is 31.9 Å². The maximum Gasteiger partial charge on any atom is 0.171 e. The second kappa shape index (κ2) is 7.90.